The van der Waals surface area contributed by atoms with E-state index >= 15 is 0 Å². The van der Waals surface area contributed by atoms with Crippen LogP contribution in [0.15, 0.2) is 126 Å². The second-order valence-corrected chi connectivity index (χ2v) is 7.85. The largest absolute Gasteiger partial charge is 0.451 e. The summed E-state index contributed by atoms with van der Waals surface area (Å²) < 4.78 is 6.57. The van der Waals surface area contributed by atoms with Crippen LogP contribution in [0.5, 0.6) is 0 Å². The van der Waals surface area contributed by atoms with Crippen molar-refractivity contribution in [3.63, 3.8) is 0 Å². The van der Waals surface area contributed by atoms with Crippen LogP contribution in [-0.2, 0) is 0 Å². The Morgan fingerprint density at radius 1 is 0.485 bits per heavy atom. The van der Waals surface area contributed by atoms with Crippen molar-refractivity contribution >= 4 is 10.8 Å². The first-order valence-electron chi connectivity index (χ1n) is 10.9. The number of aromatic nitrogens is 2. The predicted molar refractivity (Wildman–Crippen MR) is 134 cm³/mol. The van der Waals surface area contributed by atoms with Crippen molar-refractivity contribution in [2.75, 3.05) is 0 Å². The molecule has 0 unspecified atom stereocenters. The fourth-order valence-corrected chi connectivity index (χ4v) is 4.25. The first-order valence-corrected chi connectivity index (χ1v) is 10.9. The second kappa shape index (κ2) is 8.21. The molecule has 33 heavy (non-hydrogen) atoms. The lowest BCUT2D eigenvalue weighted by Gasteiger charge is -2.08. The Morgan fingerprint density at radius 3 is 1.79 bits per heavy atom. The summed E-state index contributed by atoms with van der Waals surface area (Å²) in [6, 6.07) is 39.0. The molecule has 0 bridgehead atoms. The molecule has 4 aromatic carbocycles. The van der Waals surface area contributed by atoms with Crippen molar-refractivity contribution in [3.05, 3.63) is 121 Å². The molecular formula is C30H20N2O. The third-order valence-corrected chi connectivity index (χ3v) is 5.81. The van der Waals surface area contributed by atoms with Gasteiger partial charge >= 0.3 is 0 Å². The molecule has 156 valence electrons. The van der Waals surface area contributed by atoms with Crippen LogP contribution in [0.1, 0.15) is 0 Å². The molecule has 0 aliphatic heterocycles. The summed E-state index contributed by atoms with van der Waals surface area (Å²) in [4.78, 5) is 9.41. The average Bonchev–Trinajstić information content (AvgIpc) is 3.29. The summed E-state index contributed by atoms with van der Waals surface area (Å²) in [5, 5.41) is 2.05. The Balaban J connectivity index is 1.55. The van der Waals surface area contributed by atoms with E-state index in [0.717, 1.165) is 44.5 Å². The molecule has 3 heteroatoms. The van der Waals surface area contributed by atoms with Gasteiger partial charge in [-0.15, -0.1) is 0 Å². The van der Waals surface area contributed by atoms with E-state index in [2.05, 4.69) is 59.6 Å². The maximum atomic E-state index is 6.57. The van der Waals surface area contributed by atoms with Gasteiger partial charge in [0.2, 0.25) is 0 Å². The molecule has 0 atom stereocenters. The Bertz CT molecular complexity index is 1550. The molecule has 2 aromatic heterocycles. The smallest absolute Gasteiger partial charge is 0.196 e. The van der Waals surface area contributed by atoms with Crippen LogP contribution in [0.2, 0.25) is 0 Å². The van der Waals surface area contributed by atoms with Gasteiger partial charge < -0.3 is 4.42 Å². The molecular weight excluding hydrogens is 404 g/mol. The number of benzene rings is 4. The minimum absolute atomic E-state index is 0.580. The van der Waals surface area contributed by atoms with E-state index in [4.69, 9.17) is 9.40 Å². The topological polar surface area (TPSA) is 38.9 Å². The van der Waals surface area contributed by atoms with Gasteiger partial charge in [-0.25, -0.2) is 9.97 Å². The number of nitrogens with zero attached hydrogens (tertiary/aromatic N) is 2. The van der Waals surface area contributed by atoms with E-state index in [-0.39, 0.29) is 0 Å². The molecule has 0 N–H and O–H groups in total. The van der Waals surface area contributed by atoms with Crippen molar-refractivity contribution in [2.45, 2.75) is 0 Å². The monoisotopic (exact) mass is 424 g/mol. The third-order valence-electron chi connectivity index (χ3n) is 5.81. The van der Waals surface area contributed by atoms with Gasteiger partial charge in [-0.2, -0.15) is 0 Å². The van der Waals surface area contributed by atoms with Crippen molar-refractivity contribution in [1.82, 2.24) is 9.97 Å². The van der Waals surface area contributed by atoms with E-state index in [1.54, 1.807) is 6.20 Å². The maximum Gasteiger partial charge on any atom is 0.196 e. The molecule has 0 aliphatic carbocycles. The van der Waals surface area contributed by atoms with Gasteiger partial charge in [-0.3, -0.25) is 0 Å². The van der Waals surface area contributed by atoms with Crippen LogP contribution in [0.25, 0.3) is 56.1 Å². The van der Waals surface area contributed by atoms with Crippen LogP contribution >= 0.6 is 0 Å². The molecule has 0 fully saturated rings. The van der Waals surface area contributed by atoms with Crippen LogP contribution in [0.4, 0.5) is 0 Å². The minimum Gasteiger partial charge on any atom is -0.451 e. The summed E-state index contributed by atoms with van der Waals surface area (Å²) in [5.74, 6) is 2.09. The van der Waals surface area contributed by atoms with Crippen molar-refractivity contribution < 1.29 is 4.42 Å². The van der Waals surface area contributed by atoms with Gasteiger partial charge in [-0.1, -0.05) is 109 Å². The van der Waals surface area contributed by atoms with Crippen LogP contribution < -0.4 is 0 Å². The molecule has 0 aliphatic rings. The van der Waals surface area contributed by atoms with E-state index in [1.165, 1.54) is 0 Å². The fourth-order valence-electron chi connectivity index (χ4n) is 4.25. The number of fused-ring (bicyclic) bond motifs is 1. The number of hydrogen-bond acceptors (Lipinski definition) is 3. The fraction of sp³-hybridized carbons (Fsp3) is 0. The highest BCUT2D eigenvalue weighted by Crippen LogP contribution is 2.41. The first kappa shape index (κ1) is 19.2. The molecule has 6 aromatic rings. The lowest BCUT2D eigenvalue weighted by molar-refractivity contribution is 0.597. The molecule has 0 amide bonds. The maximum absolute atomic E-state index is 6.57. The number of furan rings is 1. The van der Waals surface area contributed by atoms with E-state index < -0.39 is 0 Å². The predicted octanol–water partition coefficient (Wildman–Crippen LogP) is 7.89. The zero-order valence-corrected chi connectivity index (χ0v) is 17.8. The quantitative estimate of drug-likeness (QED) is 0.289. The highest BCUT2D eigenvalue weighted by molar-refractivity contribution is 6.04. The summed E-state index contributed by atoms with van der Waals surface area (Å²) in [5.41, 5.74) is 5.24. The standard InChI is InChI=1S/C30H20N2O/c1-3-11-21(12-4-1)23-15-7-8-16-24(23)28-25-17-9-10-18-26(25)29(33-28)30-31-20-19-27(32-30)22-13-5-2-6-14-22/h1-20H. The molecule has 0 saturated carbocycles. The highest BCUT2D eigenvalue weighted by Gasteiger charge is 2.20. The number of hydrogen-bond donors (Lipinski definition) is 0. The summed E-state index contributed by atoms with van der Waals surface area (Å²) in [6.07, 6.45) is 1.79. The lowest BCUT2D eigenvalue weighted by atomic mass is 9.96. The van der Waals surface area contributed by atoms with E-state index in [9.17, 15) is 0 Å². The second-order valence-electron chi connectivity index (χ2n) is 7.85. The van der Waals surface area contributed by atoms with Gasteiger partial charge in [0.15, 0.2) is 11.6 Å². The van der Waals surface area contributed by atoms with Gasteiger partial charge in [0.1, 0.15) is 5.76 Å². The average molecular weight is 425 g/mol. The molecule has 0 radical (unpaired) electrons. The summed E-state index contributed by atoms with van der Waals surface area (Å²) >= 11 is 0. The Labute approximate surface area is 192 Å². The lowest BCUT2D eigenvalue weighted by Crippen LogP contribution is -1.90. The van der Waals surface area contributed by atoms with E-state index in [1.807, 2.05) is 60.7 Å². The third kappa shape index (κ3) is 3.50. The van der Waals surface area contributed by atoms with Gasteiger partial charge in [0.25, 0.3) is 0 Å². The molecule has 2 heterocycles. The summed E-state index contributed by atoms with van der Waals surface area (Å²) in [7, 11) is 0. The van der Waals surface area contributed by atoms with Crippen molar-refractivity contribution in [2.24, 2.45) is 0 Å². The van der Waals surface area contributed by atoms with Gasteiger partial charge in [0, 0.05) is 28.1 Å². The zero-order valence-electron chi connectivity index (χ0n) is 17.8. The Hall–Kier alpha value is -4.50. The Kier molecular flexibility index (Phi) is 4.78. The van der Waals surface area contributed by atoms with Crippen LogP contribution in [-0.4, -0.2) is 9.97 Å². The van der Waals surface area contributed by atoms with Crippen molar-refractivity contribution in [3.8, 4) is 45.3 Å². The zero-order chi connectivity index (χ0) is 22.0. The van der Waals surface area contributed by atoms with Gasteiger partial charge in [-0.05, 0) is 17.2 Å². The SMILES string of the molecule is c1ccc(-c2ccnc(-c3oc(-c4ccccc4-c4ccccc4)c4ccccc34)n2)cc1. The van der Waals surface area contributed by atoms with Crippen LogP contribution in [0.3, 0.4) is 0 Å². The normalized spacial score (nSPS) is 11.0. The van der Waals surface area contributed by atoms with Crippen LogP contribution in [0, 0.1) is 0 Å². The van der Waals surface area contributed by atoms with E-state index in [0.29, 0.717) is 11.6 Å². The summed E-state index contributed by atoms with van der Waals surface area (Å²) in [6.45, 7) is 0. The molecule has 6 rings (SSSR count). The van der Waals surface area contributed by atoms with Crippen molar-refractivity contribution in [1.29, 1.82) is 0 Å². The molecule has 0 spiro atoms. The molecule has 0 saturated heterocycles. The minimum atomic E-state index is 0.580. The molecule has 3 nitrogen and oxygen atoms in total. The van der Waals surface area contributed by atoms with Gasteiger partial charge in [0.05, 0.1) is 5.69 Å². The highest BCUT2D eigenvalue weighted by atomic mass is 16.3. The number of rotatable bonds is 4. The Morgan fingerprint density at radius 2 is 1.06 bits per heavy atom. The first-order chi connectivity index (χ1) is 16.4.